The highest BCUT2D eigenvalue weighted by atomic mass is 16.6. The number of fused-ring (bicyclic) bond motifs is 1. The first kappa shape index (κ1) is 19.8. The number of benzene rings is 3. The topological polar surface area (TPSA) is 98.5 Å². The fourth-order valence-electron chi connectivity index (χ4n) is 2.92. The van der Waals surface area contributed by atoms with Crippen LogP contribution in [0.4, 0.5) is 11.4 Å². The maximum atomic E-state index is 12.5. The number of rotatable bonds is 5. The van der Waals surface area contributed by atoms with E-state index in [1.165, 1.54) is 25.3 Å². The minimum absolute atomic E-state index is 0.0126. The van der Waals surface area contributed by atoms with Gasteiger partial charge < -0.3 is 10.1 Å². The van der Waals surface area contributed by atoms with Crippen LogP contribution in [-0.4, -0.2) is 23.9 Å². The van der Waals surface area contributed by atoms with Crippen molar-refractivity contribution in [1.29, 1.82) is 0 Å². The number of non-ortho nitro benzene ring substituents is 1. The highest BCUT2D eigenvalue weighted by molar-refractivity contribution is 6.08. The molecule has 0 saturated carbocycles. The average Bonchev–Trinajstić information content (AvgIpc) is 2.72. The van der Waals surface area contributed by atoms with E-state index in [-0.39, 0.29) is 16.9 Å². The Labute approximate surface area is 166 Å². The molecule has 7 nitrogen and oxygen atoms in total. The summed E-state index contributed by atoms with van der Waals surface area (Å²) in [5.74, 6) is -1.22. The van der Waals surface area contributed by atoms with Crippen molar-refractivity contribution < 1.29 is 19.2 Å². The van der Waals surface area contributed by atoms with Gasteiger partial charge in [0, 0.05) is 18.2 Å². The van der Waals surface area contributed by atoms with Crippen molar-refractivity contribution >= 4 is 39.6 Å². The average molecular weight is 390 g/mol. The van der Waals surface area contributed by atoms with E-state index in [1.54, 1.807) is 6.92 Å². The summed E-state index contributed by atoms with van der Waals surface area (Å²) in [6.45, 7) is 1.79. The van der Waals surface area contributed by atoms with Gasteiger partial charge >= 0.3 is 5.97 Å². The van der Waals surface area contributed by atoms with Crippen LogP contribution < -0.4 is 5.32 Å². The van der Waals surface area contributed by atoms with Crippen molar-refractivity contribution in [2.75, 3.05) is 12.4 Å². The monoisotopic (exact) mass is 390 g/mol. The smallest absolute Gasteiger partial charge is 0.339 e. The van der Waals surface area contributed by atoms with Crippen LogP contribution in [0.1, 0.15) is 22.8 Å². The van der Waals surface area contributed by atoms with Gasteiger partial charge in [-0.3, -0.25) is 14.9 Å². The van der Waals surface area contributed by atoms with Crippen LogP contribution in [-0.2, 0) is 9.53 Å². The van der Waals surface area contributed by atoms with E-state index in [0.717, 1.165) is 22.4 Å². The second-order valence-corrected chi connectivity index (χ2v) is 6.36. The van der Waals surface area contributed by atoms with Crippen LogP contribution in [0.25, 0.3) is 16.3 Å². The molecule has 0 atom stereocenters. The van der Waals surface area contributed by atoms with Crippen molar-refractivity contribution in [2.45, 2.75) is 6.92 Å². The summed E-state index contributed by atoms with van der Waals surface area (Å²) >= 11 is 0. The van der Waals surface area contributed by atoms with E-state index in [4.69, 9.17) is 0 Å². The molecule has 1 amide bonds. The first-order valence-electron chi connectivity index (χ1n) is 8.74. The number of amides is 1. The Morgan fingerprint density at radius 2 is 1.76 bits per heavy atom. The summed E-state index contributed by atoms with van der Waals surface area (Å²) in [5, 5.41) is 15.7. The Kier molecular flexibility index (Phi) is 5.69. The summed E-state index contributed by atoms with van der Waals surface area (Å²) in [7, 11) is 1.19. The Morgan fingerprint density at radius 3 is 2.45 bits per heavy atom. The predicted molar refractivity (Wildman–Crippen MR) is 111 cm³/mol. The number of nitro benzene ring substituents is 1. The van der Waals surface area contributed by atoms with Crippen molar-refractivity contribution in [3.8, 4) is 0 Å². The predicted octanol–water partition coefficient (Wildman–Crippen LogP) is 4.58. The van der Waals surface area contributed by atoms with Gasteiger partial charge in [0.15, 0.2) is 0 Å². The third kappa shape index (κ3) is 4.47. The number of carbonyl (C=O) groups excluding carboxylic acids is 2. The molecule has 0 fully saturated rings. The minimum Gasteiger partial charge on any atom is -0.465 e. The zero-order valence-corrected chi connectivity index (χ0v) is 15.8. The van der Waals surface area contributed by atoms with E-state index in [2.05, 4.69) is 10.1 Å². The van der Waals surface area contributed by atoms with E-state index >= 15 is 0 Å². The second-order valence-electron chi connectivity index (χ2n) is 6.36. The molecule has 0 aliphatic rings. The number of nitrogens with one attached hydrogen (secondary N) is 1. The summed E-state index contributed by atoms with van der Waals surface area (Å²) < 4.78 is 4.67. The van der Waals surface area contributed by atoms with Crippen molar-refractivity contribution in [2.24, 2.45) is 0 Å². The Balaban J connectivity index is 1.89. The zero-order valence-electron chi connectivity index (χ0n) is 15.8. The first-order chi connectivity index (χ1) is 13.9. The van der Waals surface area contributed by atoms with Crippen molar-refractivity contribution in [1.82, 2.24) is 0 Å². The molecule has 0 saturated heterocycles. The number of methoxy groups -OCH3 is 1. The SMILES string of the molecule is COC(=O)c1ccc([N+](=O)[O-])cc1NC(=O)/C=C(/C)c1ccc2ccccc2c1. The number of nitrogens with zero attached hydrogens (tertiary/aromatic N) is 1. The van der Waals surface area contributed by atoms with Crippen LogP contribution in [0.15, 0.2) is 66.7 Å². The molecule has 3 rings (SSSR count). The lowest BCUT2D eigenvalue weighted by Gasteiger charge is -2.09. The van der Waals surface area contributed by atoms with E-state index < -0.39 is 16.8 Å². The summed E-state index contributed by atoms with van der Waals surface area (Å²) in [5.41, 5.74) is 1.37. The van der Waals surface area contributed by atoms with Crippen LogP contribution in [0.5, 0.6) is 0 Å². The molecule has 3 aromatic carbocycles. The number of anilines is 1. The molecule has 1 N–H and O–H groups in total. The molecule has 0 aliphatic carbocycles. The molecule has 7 heteroatoms. The molecule has 0 radical (unpaired) electrons. The van der Waals surface area contributed by atoms with Gasteiger partial charge in [-0.15, -0.1) is 0 Å². The Bertz CT molecular complexity index is 1150. The molecular weight excluding hydrogens is 372 g/mol. The normalized spacial score (nSPS) is 11.2. The quantitative estimate of drug-likeness (QED) is 0.298. The molecule has 146 valence electrons. The maximum Gasteiger partial charge on any atom is 0.339 e. The molecule has 3 aromatic rings. The molecule has 0 bridgehead atoms. The first-order valence-corrected chi connectivity index (χ1v) is 8.74. The standard InChI is InChI=1S/C22H18N2O5/c1-14(16-8-7-15-5-3-4-6-17(15)12-16)11-21(25)23-20-13-18(24(27)28)9-10-19(20)22(26)29-2/h3-13H,1-2H3,(H,23,25)/b14-11-. The summed E-state index contributed by atoms with van der Waals surface area (Å²) in [6, 6.07) is 17.3. The van der Waals surface area contributed by atoms with Crippen molar-refractivity contribution in [3.63, 3.8) is 0 Å². The van der Waals surface area contributed by atoms with E-state index in [1.807, 2.05) is 42.5 Å². The lowest BCUT2D eigenvalue weighted by molar-refractivity contribution is -0.384. The number of hydrogen-bond donors (Lipinski definition) is 1. The number of allylic oxidation sites excluding steroid dienone is 1. The largest absolute Gasteiger partial charge is 0.465 e. The summed E-state index contributed by atoms with van der Waals surface area (Å²) in [4.78, 5) is 34.8. The van der Waals surface area contributed by atoms with E-state index in [9.17, 15) is 19.7 Å². The minimum atomic E-state index is -0.703. The fourth-order valence-corrected chi connectivity index (χ4v) is 2.92. The second kappa shape index (κ2) is 8.35. The number of carbonyl (C=O) groups is 2. The van der Waals surface area contributed by atoms with Crippen molar-refractivity contribution in [3.05, 3.63) is 88.0 Å². The molecule has 0 unspecified atom stereocenters. The van der Waals surface area contributed by atoms with Gasteiger partial charge in [0.2, 0.25) is 5.91 Å². The van der Waals surface area contributed by atoms with Crippen LogP contribution >= 0.6 is 0 Å². The lowest BCUT2D eigenvalue weighted by atomic mass is 10.0. The highest BCUT2D eigenvalue weighted by Gasteiger charge is 2.18. The molecule has 29 heavy (non-hydrogen) atoms. The Hall–Kier alpha value is -4.00. The highest BCUT2D eigenvalue weighted by Crippen LogP contribution is 2.24. The summed E-state index contributed by atoms with van der Waals surface area (Å²) in [6.07, 6.45) is 1.38. The lowest BCUT2D eigenvalue weighted by Crippen LogP contribution is -2.13. The molecule has 0 heterocycles. The number of nitro groups is 1. The zero-order chi connectivity index (χ0) is 21.0. The van der Waals surface area contributed by atoms with Gasteiger partial charge in [0.05, 0.1) is 23.3 Å². The van der Waals surface area contributed by atoms with Gasteiger partial charge in [-0.25, -0.2) is 4.79 Å². The number of esters is 1. The van der Waals surface area contributed by atoms with Gasteiger partial charge in [0.1, 0.15) is 0 Å². The number of hydrogen-bond acceptors (Lipinski definition) is 5. The van der Waals surface area contributed by atoms with Gasteiger partial charge in [-0.2, -0.15) is 0 Å². The van der Waals surface area contributed by atoms with Gasteiger partial charge in [0.25, 0.3) is 5.69 Å². The Morgan fingerprint density at radius 1 is 1.03 bits per heavy atom. The van der Waals surface area contributed by atoms with Crippen LogP contribution in [0, 0.1) is 10.1 Å². The third-order valence-electron chi connectivity index (χ3n) is 4.43. The van der Waals surface area contributed by atoms with Crippen LogP contribution in [0.3, 0.4) is 0 Å². The maximum absolute atomic E-state index is 12.5. The fraction of sp³-hybridized carbons (Fsp3) is 0.0909. The van der Waals surface area contributed by atoms with Gasteiger partial charge in [-0.1, -0.05) is 36.4 Å². The molecular formula is C22H18N2O5. The van der Waals surface area contributed by atoms with Gasteiger partial charge in [-0.05, 0) is 41.0 Å². The van der Waals surface area contributed by atoms with E-state index in [0.29, 0.717) is 5.57 Å². The third-order valence-corrected chi connectivity index (χ3v) is 4.43. The molecule has 0 spiro atoms. The molecule has 0 aromatic heterocycles. The number of ether oxygens (including phenoxy) is 1. The molecule has 0 aliphatic heterocycles. The van der Waals surface area contributed by atoms with Crippen LogP contribution in [0.2, 0.25) is 0 Å².